The molecule has 7 heteroatoms. The lowest BCUT2D eigenvalue weighted by molar-refractivity contribution is -0.145. The van der Waals surface area contributed by atoms with Crippen LogP contribution in [-0.2, 0) is 33.1 Å². The number of carbonyl (C=O) groups excluding carboxylic acids is 1. The summed E-state index contributed by atoms with van der Waals surface area (Å²) in [7, 11) is -0.370. The number of rotatable bonds is 5. The Morgan fingerprint density at radius 3 is 2.85 bits per heavy atom. The van der Waals surface area contributed by atoms with Gasteiger partial charge in [0.25, 0.3) is 0 Å². The Labute approximate surface area is 119 Å². The van der Waals surface area contributed by atoms with Crippen LogP contribution in [0.4, 0.5) is 0 Å². The van der Waals surface area contributed by atoms with Crippen LogP contribution in [0, 0.1) is 5.92 Å². The van der Waals surface area contributed by atoms with Crippen molar-refractivity contribution in [3.63, 3.8) is 0 Å². The zero-order valence-corrected chi connectivity index (χ0v) is 12.5. The maximum Gasteiger partial charge on any atom is 0.310 e. The van der Waals surface area contributed by atoms with Gasteiger partial charge in [0.2, 0.25) is 10.0 Å². The molecule has 2 rings (SSSR count). The SMILES string of the molecule is COC(=O)C1CCCC1S(=O)(=O)NCc1cccn1C. The topological polar surface area (TPSA) is 77.4 Å². The molecule has 1 aromatic rings. The summed E-state index contributed by atoms with van der Waals surface area (Å²) in [4.78, 5) is 11.6. The van der Waals surface area contributed by atoms with Crippen molar-refractivity contribution in [2.75, 3.05) is 7.11 Å². The van der Waals surface area contributed by atoms with Crippen LogP contribution in [0.15, 0.2) is 18.3 Å². The molecular weight excluding hydrogens is 280 g/mol. The second kappa shape index (κ2) is 5.97. The van der Waals surface area contributed by atoms with E-state index in [0.29, 0.717) is 12.8 Å². The van der Waals surface area contributed by atoms with Gasteiger partial charge >= 0.3 is 5.97 Å². The molecule has 20 heavy (non-hydrogen) atoms. The summed E-state index contributed by atoms with van der Waals surface area (Å²) in [5.41, 5.74) is 0.876. The number of aryl methyl sites for hydroxylation is 1. The maximum atomic E-state index is 12.3. The Bertz CT molecular complexity index is 579. The Kier molecular flexibility index (Phi) is 4.49. The van der Waals surface area contributed by atoms with Gasteiger partial charge in [-0.2, -0.15) is 0 Å². The van der Waals surface area contributed by atoms with Crippen LogP contribution in [0.2, 0.25) is 0 Å². The summed E-state index contributed by atoms with van der Waals surface area (Å²) in [6.07, 6.45) is 3.66. The number of hydrogen-bond donors (Lipinski definition) is 1. The van der Waals surface area contributed by atoms with Crippen molar-refractivity contribution in [1.29, 1.82) is 0 Å². The van der Waals surface area contributed by atoms with Gasteiger partial charge in [-0.1, -0.05) is 6.42 Å². The molecule has 0 saturated heterocycles. The highest BCUT2D eigenvalue weighted by atomic mass is 32.2. The number of ether oxygens (including phenoxy) is 1. The van der Waals surface area contributed by atoms with Crippen LogP contribution in [0.3, 0.4) is 0 Å². The van der Waals surface area contributed by atoms with Crippen LogP contribution in [0.1, 0.15) is 25.0 Å². The highest BCUT2D eigenvalue weighted by molar-refractivity contribution is 7.90. The molecule has 1 fully saturated rings. The Hall–Kier alpha value is -1.34. The molecule has 1 aliphatic rings. The van der Waals surface area contributed by atoms with E-state index in [1.54, 1.807) is 0 Å². The molecule has 2 atom stereocenters. The Morgan fingerprint density at radius 1 is 1.50 bits per heavy atom. The molecule has 0 amide bonds. The van der Waals surface area contributed by atoms with Crippen molar-refractivity contribution in [2.45, 2.75) is 31.1 Å². The molecule has 0 spiro atoms. The lowest BCUT2D eigenvalue weighted by atomic mass is 10.1. The van der Waals surface area contributed by atoms with E-state index < -0.39 is 27.2 Å². The van der Waals surface area contributed by atoms with E-state index in [1.807, 2.05) is 29.9 Å². The molecule has 1 heterocycles. The van der Waals surface area contributed by atoms with E-state index in [1.165, 1.54) is 7.11 Å². The molecule has 2 unspecified atom stereocenters. The highest BCUT2D eigenvalue weighted by Gasteiger charge is 2.42. The molecule has 1 N–H and O–H groups in total. The van der Waals surface area contributed by atoms with Crippen molar-refractivity contribution < 1.29 is 17.9 Å². The second-order valence-corrected chi connectivity index (χ2v) is 7.06. The molecule has 1 aromatic heterocycles. The smallest absolute Gasteiger partial charge is 0.310 e. The van der Waals surface area contributed by atoms with Gasteiger partial charge in [0, 0.05) is 18.9 Å². The Balaban J connectivity index is 2.06. The summed E-state index contributed by atoms with van der Waals surface area (Å²) in [5.74, 6) is -0.984. The first-order valence-corrected chi connectivity index (χ1v) is 8.17. The average molecular weight is 300 g/mol. The van der Waals surface area contributed by atoms with E-state index >= 15 is 0 Å². The van der Waals surface area contributed by atoms with Crippen LogP contribution >= 0.6 is 0 Å². The normalized spacial score (nSPS) is 22.9. The minimum absolute atomic E-state index is 0.232. The lowest BCUT2D eigenvalue weighted by Gasteiger charge is -2.18. The summed E-state index contributed by atoms with van der Waals surface area (Å²) in [6.45, 7) is 0.232. The number of sulfonamides is 1. The number of hydrogen-bond acceptors (Lipinski definition) is 4. The largest absolute Gasteiger partial charge is 0.469 e. The van der Waals surface area contributed by atoms with Crippen LogP contribution in [-0.4, -0.2) is 31.3 Å². The van der Waals surface area contributed by atoms with Gasteiger partial charge in [0.1, 0.15) is 0 Å². The molecule has 0 aliphatic heterocycles. The first-order chi connectivity index (χ1) is 9.45. The van der Waals surface area contributed by atoms with Crippen molar-refractivity contribution in [1.82, 2.24) is 9.29 Å². The van der Waals surface area contributed by atoms with Crippen molar-refractivity contribution in [3.8, 4) is 0 Å². The van der Waals surface area contributed by atoms with Crippen LogP contribution in [0.25, 0.3) is 0 Å². The zero-order chi connectivity index (χ0) is 14.8. The van der Waals surface area contributed by atoms with Gasteiger partial charge in [-0.25, -0.2) is 13.1 Å². The summed E-state index contributed by atoms with van der Waals surface area (Å²) >= 11 is 0. The quantitative estimate of drug-likeness (QED) is 0.815. The number of aromatic nitrogens is 1. The summed E-state index contributed by atoms with van der Waals surface area (Å²) in [6, 6.07) is 3.71. The zero-order valence-electron chi connectivity index (χ0n) is 11.7. The molecular formula is C13H20N2O4S. The van der Waals surface area contributed by atoms with E-state index in [-0.39, 0.29) is 6.54 Å². The minimum atomic E-state index is -3.52. The maximum absolute atomic E-state index is 12.3. The van der Waals surface area contributed by atoms with Crippen molar-refractivity contribution in [3.05, 3.63) is 24.0 Å². The summed E-state index contributed by atoms with van der Waals surface area (Å²) in [5, 5.41) is -0.685. The summed E-state index contributed by atoms with van der Waals surface area (Å²) < 4.78 is 33.8. The molecule has 6 nitrogen and oxygen atoms in total. The van der Waals surface area contributed by atoms with E-state index in [0.717, 1.165) is 12.1 Å². The Morgan fingerprint density at radius 2 is 2.25 bits per heavy atom. The van der Waals surface area contributed by atoms with Gasteiger partial charge in [0.05, 0.1) is 24.8 Å². The number of nitrogens with one attached hydrogen (secondary N) is 1. The highest BCUT2D eigenvalue weighted by Crippen LogP contribution is 2.31. The number of esters is 1. The molecule has 1 saturated carbocycles. The molecule has 0 bridgehead atoms. The van der Waals surface area contributed by atoms with Gasteiger partial charge in [-0.3, -0.25) is 4.79 Å². The molecule has 1 aliphatic carbocycles. The molecule has 112 valence electrons. The van der Waals surface area contributed by atoms with Crippen molar-refractivity contribution in [2.24, 2.45) is 13.0 Å². The number of carbonyl (C=O) groups is 1. The minimum Gasteiger partial charge on any atom is -0.469 e. The van der Waals surface area contributed by atoms with Gasteiger partial charge in [-0.05, 0) is 25.0 Å². The van der Waals surface area contributed by atoms with Gasteiger partial charge in [-0.15, -0.1) is 0 Å². The standard InChI is InChI=1S/C13H20N2O4S/c1-15-8-4-5-10(15)9-14-20(17,18)12-7-3-6-11(12)13(16)19-2/h4-5,8,11-12,14H,3,6-7,9H2,1-2H3. The predicted octanol–water partition coefficient (Wildman–Crippen LogP) is 0.786. The first kappa shape index (κ1) is 15.1. The van der Waals surface area contributed by atoms with E-state index in [2.05, 4.69) is 4.72 Å². The van der Waals surface area contributed by atoms with Gasteiger partial charge in [0.15, 0.2) is 0 Å². The third kappa shape index (κ3) is 3.04. The van der Waals surface area contributed by atoms with Crippen LogP contribution < -0.4 is 4.72 Å². The molecule has 0 aromatic carbocycles. The second-order valence-electron chi connectivity index (χ2n) is 5.08. The fourth-order valence-corrected chi connectivity index (χ4v) is 4.40. The van der Waals surface area contributed by atoms with E-state index in [9.17, 15) is 13.2 Å². The number of methoxy groups -OCH3 is 1. The lowest BCUT2D eigenvalue weighted by Crippen LogP contribution is -2.39. The fourth-order valence-electron chi connectivity index (χ4n) is 2.68. The third-order valence-electron chi connectivity index (χ3n) is 3.86. The fraction of sp³-hybridized carbons (Fsp3) is 0.615. The average Bonchev–Trinajstić information content (AvgIpc) is 3.04. The van der Waals surface area contributed by atoms with E-state index in [4.69, 9.17) is 4.74 Å². The third-order valence-corrected chi connectivity index (χ3v) is 5.77. The van der Waals surface area contributed by atoms with Crippen molar-refractivity contribution >= 4 is 16.0 Å². The predicted molar refractivity (Wildman–Crippen MR) is 74.3 cm³/mol. The first-order valence-electron chi connectivity index (χ1n) is 6.62. The van der Waals surface area contributed by atoms with Crippen LogP contribution in [0.5, 0.6) is 0 Å². The number of nitrogens with zero attached hydrogens (tertiary/aromatic N) is 1. The monoisotopic (exact) mass is 300 g/mol. The molecule has 0 radical (unpaired) electrons. The van der Waals surface area contributed by atoms with Gasteiger partial charge < -0.3 is 9.30 Å².